The molecule has 0 saturated carbocycles. The summed E-state index contributed by atoms with van der Waals surface area (Å²) in [5, 5.41) is 5.55. The molecule has 2 aromatic carbocycles. The van der Waals surface area contributed by atoms with Gasteiger partial charge in [0, 0.05) is 29.3 Å². The van der Waals surface area contributed by atoms with Crippen LogP contribution in [-0.4, -0.2) is 16.9 Å². The van der Waals surface area contributed by atoms with Gasteiger partial charge in [0.2, 0.25) is 11.8 Å². The van der Waals surface area contributed by atoms with Crippen LogP contribution in [0.2, 0.25) is 0 Å². The lowest BCUT2D eigenvalue weighted by atomic mass is 9.95. The molecular formula is C21H24N2O3S. The van der Waals surface area contributed by atoms with Crippen LogP contribution in [0.25, 0.3) is 0 Å². The summed E-state index contributed by atoms with van der Waals surface area (Å²) in [7, 11) is 0. The van der Waals surface area contributed by atoms with E-state index in [0.717, 1.165) is 17.3 Å². The molecular weight excluding hydrogens is 360 g/mol. The summed E-state index contributed by atoms with van der Waals surface area (Å²) >= 11 is 1.08. The van der Waals surface area contributed by atoms with E-state index in [1.165, 1.54) is 6.92 Å². The Hall–Kier alpha value is -2.60. The van der Waals surface area contributed by atoms with Crippen molar-refractivity contribution in [1.82, 2.24) is 0 Å². The van der Waals surface area contributed by atoms with E-state index in [0.29, 0.717) is 16.3 Å². The van der Waals surface area contributed by atoms with Gasteiger partial charge in [0.1, 0.15) is 0 Å². The van der Waals surface area contributed by atoms with Crippen LogP contribution in [0.3, 0.4) is 0 Å². The first-order chi connectivity index (χ1) is 12.7. The highest BCUT2D eigenvalue weighted by molar-refractivity contribution is 8.13. The first-order valence-electron chi connectivity index (χ1n) is 8.63. The van der Waals surface area contributed by atoms with Crippen molar-refractivity contribution in [2.45, 2.75) is 39.0 Å². The average molecular weight is 385 g/mol. The number of nitrogens with one attached hydrogen (secondary N) is 2. The number of thioether (sulfide) groups is 1. The summed E-state index contributed by atoms with van der Waals surface area (Å²) in [5.41, 5.74) is 1.47. The third kappa shape index (κ3) is 6.25. The van der Waals surface area contributed by atoms with Gasteiger partial charge in [-0.15, -0.1) is 0 Å². The molecule has 0 spiro atoms. The molecule has 2 aromatic rings. The second-order valence-electron chi connectivity index (χ2n) is 7.19. The SMILES string of the molecule is CC(=O)Nc1ccccc1CC(=O)Sc1ccccc1NC(=O)C(C)(C)C. The highest BCUT2D eigenvalue weighted by atomic mass is 32.2. The van der Waals surface area contributed by atoms with E-state index in [9.17, 15) is 14.4 Å². The van der Waals surface area contributed by atoms with Crippen molar-refractivity contribution in [3.63, 3.8) is 0 Å². The van der Waals surface area contributed by atoms with Gasteiger partial charge in [0.15, 0.2) is 5.12 Å². The standard InChI is InChI=1S/C21H24N2O3S/c1-14(24)22-16-10-6-5-9-15(16)13-19(25)27-18-12-8-7-11-17(18)23-20(26)21(2,3)4/h5-12H,13H2,1-4H3,(H,22,24)(H,23,26). The Kier molecular flexibility index (Phi) is 6.80. The molecule has 2 amide bonds. The Morgan fingerprint density at radius 3 is 2.11 bits per heavy atom. The molecule has 142 valence electrons. The van der Waals surface area contributed by atoms with Crippen molar-refractivity contribution in [1.29, 1.82) is 0 Å². The molecule has 2 rings (SSSR count). The summed E-state index contributed by atoms with van der Waals surface area (Å²) in [6, 6.07) is 14.5. The number of benzene rings is 2. The van der Waals surface area contributed by atoms with E-state index < -0.39 is 5.41 Å². The maximum absolute atomic E-state index is 12.6. The van der Waals surface area contributed by atoms with Gasteiger partial charge in [-0.05, 0) is 35.5 Å². The zero-order valence-corrected chi connectivity index (χ0v) is 16.8. The molecule has 0 aliphatic rings. The van der Waals surface area contributed by atoms with Gasteiger partial charge in [-0.25, -0.2) is 0 Å². The molecule has 0 radical (unpaired) electrons. The summed E-state index contributed by atoms with van der Waals surface area (Å²) < 4.78 is 0. The van der Waals surface area contributed by atoms with E-state index in [4.69, 9.17) is 0 Å². The predicted octanol–water partition coefficient (Wildman–Crippen LogP) is 4.49. The largest absolute Gasteiger partial charge is 0.326 e. The van der Waals surface area contributed by atoms with Gasteiger partial charge >= 0.3 is 0 Å². The number of carbonyl (C=O) groups is 3. The molecule has 0 aliphatic heterocycles. The van der Waals surface area contributed by atoms with Crippen molar-refractivity contribution >= 4 is 40.1 Å². The zero-order valence-electron chi connectivity index (χ0n) is 16.0. The van der Waals surface area contributed by atoms with Crippen LogP contribution >= 0.6 is 11.8 Å². The fraction of sp³-hybridized carbons (Fsp3) is 0.286. The summed E-state index contributed by atoms with van der Waals surface area (Å²) in [4.78, 5) is 36.9. The Balaban J connectivity index is 2.13. The van der Waals surface area contributed by atoms with E-state index in [1.54, 1.807) is 18.2 Å². The fourth-order valence-corrected chi connectivity index (χ4v) is 3.12. The highest BCUT2D eigenvalue weighted by Gasteiger charge is 2.22. The monoisotopic (exact) mass is 384 g/mol. The summed E-state index contributed by atoms with van der Waals surface area (Å²) in [6.45, 7) is 6.94. The summed E-state index contributed by atoms with van der Waals surface area (Å²) in [5.74, 6) is -0.295. The maximum Gasteiger partial charge on any atom is 0.229 e. The van der Waals surface area contributed by atoms with Gasteiger partial charge < -0.3 is 10.6 Å². The number of hydrogen-bond donors (Lipinski definition) is 2. The lowest BCUT2D eigenvalue weighted by Gasteiger charge is -2.19. The van der Waals surface area contributed by atoms with Crippen molar-refractivity contribution in [2.24, 2.45) is 5.41 Å². The van der Waals surface area contributed by atoms with Gasteiger partial charge in [0.25, 0.3) is 0 Å². The van der Waals surface area contributed by atoms with E-state index in [-0.39, 0.29) is 23.4 Å². The number of amides is 2. The van der Waals surface area contributed by atoms with Crippen molar-refractivity contribution in [3.05, 3.63) is 54.1 Å². The predicted molar refractivity (Wildman–Crippen MR) is 110 cm³/mol. The Morgan fingerprint density at radius 2 is 1.48 bits per heavy atom. The topological polar surface area (TPSA) is 75.3 Å². The number of carbonyl (C=O) groups excluding carboxylic acids is 3. The molecule has 0 aromatic heterocycles. The summed E-state index contributed by atoms with van der Waals surface area (Å²) in [6.07, 6.45) is 0.169. The fourth-order valence-electron chi connectivity index (χ4n) is 2.27. The number of rotatable bonds is 5. The molecule has 5 nitrogen and oxygen atoms in total. The minimum atomic E-state index is -0.529. The van der Waals surface area contributed by atoms with Gasteiger partial charge in [-0.2, -0.15) is 0 Å². The third-order valence-corrected chi connectivity index (χ3v) is 4.65. The number of hydrogen-bond acceptors (Lipinski definition) is 4. The molecule has 0 fully saturated rings. The minimum absolute atomic E-state index is 0.0785. The molecule has 0 atom stereocenters. The molecule has 6 heteroatoms. The van der Waals surface area contributed by atoms with E-state index in [2.05, 4.69) is 10.6 Å². The normalized spacial score (nSPS) is 11.0. The lowest BCUT2D eigenvalue weighted by molar-refractivity contribution is -0.123. The van der Waals surface area contributed by atoms with E-state index in [1.807, 2.05) is 51.1 Å². The lowest BCUT2D eigenvalue weighted by Crippen LogP contribution is -2.27. The van der Waals surface area contributed by atoms with Crippen LogP contribution in [0.1, 0.15) is 33.3 Å². The first kappa shape index (κ1) is 20.7. The van der Waals surface area contributed by atoms with E-state index >= 15 is 0 Å². The van der Waals surface area contributed by atoms with Crippen LogP contribution in [0.4, 0.5) is 11.4 Å². The van der Waals surface area contributed by atoms with Crippen LogP contribution in [-0.2, 0) is 20.8 Å². The molecule has 0 aliphatic carbocycles. The quantitative estimate of drug-likeness (QED) is 0.745. The Bertz CT molecular complexity index is 857. The molecule has 2 N–H and O–H groups in total. The third-order valence-electron chi connectivity index (χ3n) is 3.70. The Labute approximate surface area is 163 Å². The minimum Gasteiger partial charge on any atom is -0.326 e. The van der Waals surface area contributed by atoms with Crippen LogP contribution in [0, 0.1) is 5.41 Å². The van der Waals surface area contributed by atoms with Crippen LogP contribution in [0.15, 0.2) is 53.4 Å². The maximum atomic E-state index is 12.6. The van der Waals surface area contributed by atoms with Gasteiger partial charge in [0.05, 0.1) is 5.69 Å². The Morgan fingerprint density at radius 1 is 0.889 bits per heavy atom. The second-order valence-corrected chi connectivity index (χ2v) is 8.29. The molecule has 0 unspecified atom stereocenters. The van der Waals surface area contributed by atoms with Crippen molar-refractivity contribution in [3.8, 4) is 0 Å². The molecule has 0 heterocycles. The molecule has 0 bridgehead atoms. The van der Waals surface area contributed by atoms with Crippen LogP contribution < -0.4 is 10.6 Å². The highest BCUT2D eigenvalue weighted by Crippen LogP contribution is 2.30. The number of anilines is 2. The first-order valence-corrected chi connectivity index (χ1v) is 9.45. The molecule has 27 heavy (non-hydrogen) atoms. The van der Waals surface area contributed by atoms with Gasteiger partial charge in [-0.1, -0.05) is 51.1 Å². The smallest absolute Gasteiger partial charge is 0.229 e. The number of para-hydroxylation sites is 2. The molecule has 0 saturated heterocycles. The van der Waals surface area contributed by atoms with Crippen molar-refractivity contribution in [2.75, 3.05) is 10.6 Å². The van der Waals surface area contributed by atoms with Crippen molar-refractivity contribution < 1.29 is 14.4 Å². The van der Waals surface area contributed by atoms with Crippen LogP contribution in [0.5, 0.6) is 0 Å². The zero-order chi connectivity index (χ0) is 20.0. The van der Waals surface area contributed by atoms with Gasteiger partial charge in [-0.3, -0.25) is 14.4 Å². The second kappa shape index (κ2) is 8.86. The average Bonchev–Trinajstić information content (AvgIpc) is 2.57.